The zero-order chi connectivity index (χ0) is 13.8. The van der Waals surface area contributed by atoms with Crippen molar-refractivity contribution in [3.05, 3.63) is 29.8 Å². The Balaban J connectivity index is 1.62. The maximum Gasteiger partial charge on any atom is 0.0289 e. The lowest BCUT2D eigenvalue weighted by Gasteiger charge is -2.30. The fourth-order valence-electron chi connectivity index (χ4n) is 3.84. The zero-order valence-electron chi connectivity index (χ0n) is 12.6. The molecule has 1 aromatic rings. The van der Waals surface area contributed by atoms with Gasteiger partial charge in [-0.15, -0.1) is 11.8 Å². The molecular formula is C18H27NS. The average molecular weight is 289 g/mol. The Morgan fingerprint density at radius 1 is 1.20 bits per heavy atom. The van der Waals surface area contributed by atoms with Gasteiger partial charge in [-0.25, -0.2) is 0 Å². The molecular weight excluding hydrogens is 262 g/mol. The first-order valence-corrected chi connectivity index (χ1v) is 9.22. The number of benzene rings is 1. The SMILES string of the molecule is CCNC(CC1CCCCC1)C1Cc2ccccc2S1. The average Bonchev–Trinajstić information content (AvgIpc) is 2.92. The lowest BCUT2D eigenvalue weighted by Crippen LogP contribution is -2.39. The van der Waals surface area contributed by atoms with Crippen molar-refractivity contribution in [2.75, 3.05) is 6.54 Å². The number of hydrogen-bond acceptors (Lipinski definition) is 2. The molecule has 20 heavy (non-hydrogen) atoms. The summed E-state index contributed by atoms with van der Waals surface area (Å²) in [5.41, 5.74) is 1.56. The van der Waals surface area contributed by atoms with Crippen LogP contribution >= 0.6 is 11.8 Å². The molecule has 0 bridgehead atoms. The van der Waals surface area contributed by atoms with E-state index in [4.69, 9.17) is 0 Å². The molecule has 2 aliphatic rings. The summed E-state index contributed by atoms with van der Waals surface area (Å²) in [6.45, 7) is 3.35. The Hall–Kier alpha value is -0.470. The van der Waals surface area contributed by atoms with Gasteiger partial charge in [0, 0.05) is 16.2 Å². The molecule has 0 radical (unpaired) electrons. The predicted molar refractivity (Wildman–Crippen MR) is 88.4 cm³/mol. The van der Waals surface area contributed by atoms with Crippen LogP contribution in [0.15, 0.2) is 29.2 Å². The van der Waals surface area contributed by atoms with Crippen LogP contribution in [0.1, 0.15) is 51.0 Å². The number of fused-ring (bicyclic) bond motifs is 1. The van der Waals surface area contributed by atoms with Crippen LogP contribution in [0.5, 0.6) is 0 Å². The zero-order valence-corrected chi connectivity index (χ0v) is 13.4. The van der Waals surface area contributed by atoms with Crippen LogP contribution in [0.25, 0.3) is 0 Å². The van der Waals surface area contributed by atoms with Gasteiger partial charge < -0.3 is 5.32 Å². The topological polar surface area (TPSA) is 12.0 Å². The van der Waals surface area contributed by atoms with Gasteiger partial charge >= 0.3 is 0 Å². The third kappa shape index (κ3) is 3.40. The molecule has 110 valence electrons. The largest absolute Gasteiger partial charge is 0.313 e. The van der Waals surface area contributed by atoms with Crippen LogP contribution in [0.2, 0.25) is 0 Å². The molecule has 0 amide bonds. The fourth-order valence-corrected chi connectivity index (χ4v) is 5.26. The molecule has 1 saturated carbocycles. The van der Waals surface area contributed by atoms with Gasteiger partial charge in [0.25, 0.3) is 0 Å². The summed E-state index contributed by atoms with van der Waals surface area (Å²) in [5, 5.41) is 4.53. The molecule has 2 heteroatoms. The molecule has 0 spiro atoms. The molecule has 3 rings (SSSR count). The minimum absolute atomic E-state index is 0.695. The van der Waals surface area contributed by atoms with Crippen molar-refractivity contribution in [1.29, 1.82) is 0 Å². The molecule has 1 aliphatic carbocycles. The summed E-state index contributed by atoms with van der Waals surface area (Å²) in [5.74, 6) is 0.970. The van der Waals surface area contributed by atoms with E-state index in [2.05, 4.69) is 48.3 Å². The Bertz CT molecular complexity index is 400. The summed E-state index contributed by atoms with van der Waals surface area (Å²) in [4.78, 5) is 1.52. The number of hydrogen-bond donors (Lipinski definition) is 1. The highest BCUT2D eigenvalue weighted by Crippen LogP contribution is 2.40. The molecule has 1 fully saturated rings. The van der Waals surface area contributed by atoms with Gasteiger partial charge in [0.15, 0.2) is 0 Å². The second kappa shape index (κ2) is 7.00. The monoisotopic (exact) mass is 289 g/mol. The number of thioether (sulfide) groups is 1. The van der Waals surface area contributed by atoms with Crippen LogP contribution in [-0.2, 0) is 6.42 Å². The highest BCUT2D eigenvalue weighted by atomic mass is 32.2. The van der Waals surface area contributed by atoms with Crippen LogP contribution in [0.4, 0.5) is 0 Å². The molecule has 1 nitrogen and oxygen atoms in total. The van der Waals surface area contributed by atoms with Gasteiger partial charge in [0.05, 0.1) is 0 Å². The maximum atomic E-state index is 3.79. The third-order valence-electron chi connectivity index (χ3n) is 4.90. The second-order valence-electron chi connectivity index (χ2n) is 6.37. The number of rotatable bonds is 5. The lowest BCUT2D eigenvalue weighted by molar-refractivity contribution is 0.296. The summed E-state index contributed by atoms with van der Waals surface area (Å²) in [6.07, 6.45) is 9.96. The molecule has 0 aromatic heterocycles. The van der Waals surface area contributed by atoms with Gasteiger partial charge in [-0.05, 0) is 36.9 Å². The van der Waals surface area contributed by atoms with E-state index in [0.29, 0.717) is 6.04 Å². The van der Waals surface area contributed by atoms with Crippen molar-refractivity contribution in [1.82, 2.24) is 5.32 Å². The van der Waals surface area contributed by atoms with Crippen molar-refractivity contribution in [3.63, 3.8) is 0 Å². The highest BCUT2D eigenvalue weighted by Gasteiger charge is 2.30. The Morgan fingerprint density at radius 2 is 2.00 bits per heavy atom. The summed E-state index contributed by atoms with van der Waals surface area (Å²) < 4.78 is 0. The van der Waals surface area contributed by atoms with Gasteiger partial charge in [-0.2, -0.15) is 0 Å². The van der Waals surface area contributed by atoms with Crippen molar-refractivity contribution in [3.8, 4) is 0 Å². The molecule has 1 heterocycles. The minimum atomic E-state index is 0.695. The maximum absolute atomic E-state index is 3.79. The first-order valence-electron chi connectivity index (χ1n) is 8.34. The Morgan fingerprint density at radius 3 is 2.75 bits per heavy atom. The van der Waals surface area contributed by atoms with Crippen molar-refractivity contribution < 1.29 is 0 Å². The highest BCUT2D eigenvalue weighted by molar-refractivity contribution is 8.00. The van der Waals surface area contributed by atoms with Crippen LogP contribution in [0.3, 0.4) is 0 Å². The van der Waals surface area contributed by atoms with E-state index in [1.165, 1.54) is 49.8 Å². The molecule has 2 unspecified atom stereocenters. The smallest absolute Gasteiger partial charge is 0.0289 e. The van der Waals surface area contributed by atoms with E-state index in [9.17, 15) is 0 Å². The predicted octanol–water partition coefficient (Wildman–Crippen LogP) is 4.65. The van der Waals surface area contributed by atoms with Gasteiger partial charge in [-0.1, -0.05) is 57.2 Å². The summed E-state index contributed by atoms with van der Waals surface area (Å²) >= 11 is 2.11. The van der Waals surface area contributed by atoms with E-state index in [1.807, 2.05) is 0 Å². The molecule has 1 N–H and O–H groups in total. The first-order chi connectivity index (χ1) is 9.86. The van der Waals surface area contributed by atoms with Crippen LogP contribution in [0, 0.1) is 5.92 Å². The summed E-state index contributed by atoms with van der Waals surface area (Å²) in [6, 6.07) is 9.67. The van der Waals surface area contributed by atoms with Crippen LogP contribution < -0.4 is 5.32 Å². The van der Waals surface area contributed by atoms with E-state index in [1.54, 1.807) is 5.56 Å². The number of nitrogens with one attached hydrogen (secondary N) is 1. The van der Waals surface area contributed by atoms with Gasteiger partial charge in [-0.3, -0.25) is 0 Å². The molecule has 0 saturated heterocycles. The van der Waals surface area contributed by atoms with Crippen molar-refractivity contribution >= 4 is 11.8 Å². The van der Waals surface area contributed by atoms with E-state index >= 15 is 0 Å². The normalized spacial score (nSPS) is 24.6. The standard InChI is InChI=1S/C18H27NS/c1-2-19-16(12-14-8-4-3-5-9-14)18-13-15-10-6-7-11-17(15)20-18/h6-7,10-11,14,16,18-19H,2-5,8-9,12-13H2,1H3. The third-order valence-corrected chi connectivity index (χ3v) is 6.35. The second-order valence-corrected chi connectivity index (χ2v) is 7.65. The first kappa shape index (κ1) is 14.5. The van der Waals surface area contributed by atoms with E-state index < -0.39 is 0 Å². The van der Waals surface area contributed by atoms with E-state index in [0.717, 1.165) is 17.7 Å². The van der Waals surface area contributed by atoms with Gasteiger partial charge in [0.1, 0.15) is 0 Å². The van der Waals surface area contributed by atoms with E-state index in [-0.39, 0.29) is 0 Å². The van der Waals surface area contributed by atoms with Crippen molar-refractivity contribution in [2.45, 2.75) is 68.1 Å². The summed E-state index contributed by atoms with van der Waals surface area (Å²) in [7, 11) is 0. The molecule has 2 atom stereocenters. The Labute approximate surface area is 127 Å². The fraction of sp³-hybridized carbons (Fsp3) is 0.667. The minimum Gasteiger partial charge on any atom is -0.313 e. The Kier molecular flexibility index (Phi) is 5.06. The molecule has 1 aliphatic heterocycles. The van der Waals surface area contributed by atoms with Crippen molar-refractivity contribution in [2.24, 2.45) is 5.92 Å². The van der Waals surface area contributed by atoms with Crippen LogP contribution in [-0.4, -0.2) is 17.8 Å². The molecule has 1 aromatic carbocycles. The van der Waals surface area contributed by atoms with Gasteiger partial charge in [0.2, 0.25) is 0 Å². The quantitative estimate of drug-likeness (QED) is 0.846. The lowest BCUT2D eigenvalue weighted by atomic mass is 9.83.